The molecule has 3 heteroatoms. The minimum atomic E-state index is 1.02. The zero-order valence-electron chi connectivity index (χ0n) is 10.1. The highest BCUT2D eigenvalue weighted by Gasteiger charge is 2.03. The lowest BCUT2D eigenvalue weighted by Gasteiger charge is -1.99. The predicted octanol–water partition coefficient (Wildman–Crippen LogP) is 3.35. The summed E-state index contributed by atoms with van der Waals surface area (Å²) in [5, 5.41) is 6.76. The molecule has 1 aromatic heterocycles. The number of thiazole rings is 1. The summed E-state index contributed by atoms with van der Waals surface area (Å²) >= 11 is 1.75. The summed E-state index contributed by atoms with van der Waals surface area (Å²) in [5.41, 5.74) is 2.30. The van der Waals surface area contributed by atoms with Gasteiger partial charge >= 0.3 is 0 Å². The SMILES string of the molecule is CCCNCCc1nc(-c2ccccc2)cs1. The molecule has 0 bridgehead atoms. The Bertz CT molecular complexity index is 436. The van der Waals surface area contributed by atoms with Gasteiger partial charge in [-0.2, -0.15) is 0 Å². The van der Waals surface area contributed by atoms with Crippen LogP contribution in [0.25, 0.3) is 11.3 Å². The Balaban J connectivity index is 1.92. The Morgan fingerprint density at radius 2 is 2.00 bits per heavy atom. The fourth-order valence-corrected chi connectivity index (χ4v) is 2.47. The zero-order valence-corrected chi connectivity index (χ0v) is 11.0. The van der Waals surface area contributed by atoms with E-state index in [2.05, 4.69) is 46.9 Å². The number of hydrogen-bond donors (Lipinski definition) is 1. The molecule has 0 atom stereocenters. The van der Waals surface area contributed by atoms with Crippen molar-refractivity contribution < 1.29 is 0 Å². The van der Waals surface area contributed by atoms with Crippen molar-refractivity contribution in [1.82, 2.24) is 10.3 Å². The van der Waals surface area contributed by atoms with Crippen LogP contribution in [-0.4, -0.2) is 18.1 Å². The van der Waals surface area contributed by atoms with Crippen LogP contribution in [0.4, 0.5) is 0 Å². The van der Waals surface area contributed by atoms with Crippen LogP contribution >= 0.6 is 11.3 Å². The third kappa shape index (κ3) is 3.65. The van der Waals surface area contributed by atoms with Gasteiger partial charge in [0.05, 0.1) is 10.7 Å². The van der Waals surface area contributed by atoms with Crippen LogP contribution in [0.3, 0.4) is 0 Å². The molecule has 2 aromatic rings. The minimum Gasteiger partial charge on any atom is -0.316 e. The molecule has 0 aliphatic rings. The topological polar surface area (TPSA) is 24.9 Å². The van der Waals surface area contributed by atoms with Crippen molar-refractivity contribution in [3.8, 4) is 11.3 Å². The Labute approximate surface area is 107 Å². The first-order chi connectivity index (χ1) is 8.40. The van der Waals surface area contributed by atoms with Gasteiger partial charge in [0.1, 0.15) is 0 Å². The predicted molar refractivity (Wildman–Crippen MR) is 74.4 cm³/mol. The van der Waals surface area contributed by atoms with Crippen LogP contribution in [-0.2, 0) is 6.42 Å². The molecule has 1 aromatic carbocycles. The number of nitrogens with one attached hydrogen (secondary N) is 1. The summed E-state index contributed by atoms with van der Waals surface area (Å²) in [4.78, 5) is 4.66. The summed E-state index contributed by atoms with van der Waals surface area (Å²) in [7, 11) is 0. The van der Waals surface area contributed by atoms with E-state index in [-0.39, 0.29) is 0 Å². The number of rotatable bonds is 6. The van der Waals surface area contributed by atoms with Crippen molar-refractivity contribution in [3.05, 3.63) is 40.7 Å². The largest absolute Gasteiger partial charge is 0.316 e. The van der Waals surface area contributed by atoms with E-state index >= 15 is 0 Å². The van der Waals surface area contributed by atoms with Gasteiger partial charge in [-0.3, -0.25) is 0 Å². The van der Waals surface area contributed by atoms with E-state index in [0.717, 1.165) is 25.2 Å². The third-order valence-electron chi connectivity index (χ3n) is 2.56. The van der Waals surface area contributed by atoms with E-state index < -0.39 is 0 Å². The molecule has 0 spiro atoms. The molecule has 0 aliphatic carbocycles. The van der Waals surface area contributed by atoms with E-state index in [1.54, 1.807) is 11.3 Å². The molecular weight excluding hydrogens is 228 g/mol. The van der Waals surface area contributed by atoms with Crippen LogP contribution in [0.2, 0.25) is 0 Å². The highest BCUT2D eigenvalue weighted by molar-refractivity contribution is 7.09. The summed E-state index contributed by atoms with van der Waals surface area (Å²) in [6, 6.07) is 10.3. The Hall–Kier alpha value is -1.19. The Kier molecular flexibility index (Phi) is 4.71. The summed E-state index contributed by atoms with van der Waals surface area (Å²) in [6.07, 6.45) is 2.21. The van der Waals surface area contributed by atoms with Gasteiger partial charge < -0.3 is 5.32 Å². The standard InChI is InChI=1S/C14H18N2S/c1-2-9-15-10-8-14-16-13(11-17-14)12-6-4-3-5-7-12/h3-7,11,15H,2,8-10H2,1H3. The molecule has 2 nitrogen and oxygen atoms in total. The number of aromatic nitrogens is 1. The van der Waals surface area contributed by atoms with E-state index in [9.17, 15) is 0 Å². The molecule has 0 saturated heterocycles. The Morgan fingerprint density at radius 1 is 1.18 bits per heavy atom. The quantitative estimate of drug-likeness (QED) is 0.791. The van der Waals surface area contributed by atoms with Gasteiger partial charge in [-0.1, -0.05) is 37.3 Å². The second-order valence-corrected chi connectivity index (χ2v) is 4.94. The third-order valence-corrected chi connectivity index (χ3v) is 3.47. The molecular formula is C14H18N2S. The molecule has 0 radical (unpaired) electrons. The highest BCUT2D eigenvalue weighted by atomic mass is 32.1. The molecule has 0 aliphatic heterocycles. The second-order valence-electron chi connectivity index (χ2n) is 3.99. The number of nitrogens with zero attached hydrogens (tertiary/aromatic N) is 1. The average molecular weight is 246 g/mol. The minimum absolute atomic E-state index is 1.02. The zero-order chi connectivity index (χ0) is 11.9. The number of hydrogen-bond acceptors (Lipinski definition) is 3. The molecule has 0 saturated carbocycles. The fraction of sp³-hybridized carbons (Fsp3) is 0.357. The lowest BCUT2D eigenvalue weighted by atomic mass is 10.2. The van der Waals surface area contributed by atoms with Crippen LogP contribution in [0.15, 0.2) is 35.7 Å². The summed E-state index contributed by atoms with van der Waals surface area (Å²) < 4.78 is 0. The van der Waals surface area contributed by atoms with E-state index in [4.69, 9.17) is 0 Å². The first kappa shape index (κ1) is 12.3. The molecule has 1 heterocycles. The normalized spacial score (nSPS) is 10.6. The number of benzene rings is 1. The van der Waals surface area contributed by atoms with Crippen molar-refractivity contribution in [3.63, 3.8) is 0 Å². The molecule has 0 fully saturated rings. The van der Waals surface area contributed by atoms with Crippen LogP contribution in [0, 0.1) is 0 Å². The summed E-state index contributed by atoms with van der Waals surface area (Å²) in [5.74, 6) is 0. The molecule has 0 unspecified atom stereocenters. The second kappa shape index (κ2) is 6.52. The first-order valence-electron chi connectivity index (χ1n) is 6.10. The van der Waals surface area contributed by atoms with Gasteiger partial charge in [0.2, 0.25) is 0 Å². The van der Waals surface area contributed by atoms with Gasteiger partial charge in [0, 0.05) is 23.9 Å². The molecule has 0 amide bonds. The van der Waals surface area contributed by atoms with Crippen molar-refractivity contribution >= 4 is 11.3 Å². The van der Waals surface area contributed by atoms with Gasteiger partial charge in [-0.05, 0) is 13.0 Å². The first-order valence-corrected chi connectivity index (χ1v) is 6.98. The lowest BCUT2D eigenvalue weighted by Crippen LogP contribution is -2.17. The van der Waals surface area contributed by atoms with Crippen molar-refractivity contribution in [2.75, 3.05) is 13.1 Å². The Morgan fingerprint density at radius 3 is 2.76 bits per heavy atom. The lowest BCUT2D eigenvalue weighted by molar-refractivity contribution is 0.670. The molecule has 17 heavy (non-hydrogen) atoms. The smallest absolute Gasteiger partial charge is 0.0945 e. The van der Waals surface area contributed by atoms with Gasteiger partial charge in [-0.25, -0.2) is 4.98 Å². The van der Waals surface area contributed by atoms with Gasteiger partial charge in [0.25, 0.3) is 0 Å². The monoisotopic (exact) mass is 246 g/mol. The molecule has 2 rings (SSSR count). The van der Waals surface area contributed by atoms with Crippen LogP contribution < -0.4 is 5.32 Å². The van der Waals surface area contributed by atoms with Crippen molar-refractivity contribution in [2.45, 2.75) is 19.8 Å². The van der Waals surface area contributed by atoms with E-state index in [1.165, 1.54) is 17.0 Å². The molecule has 90 valence electrons. The van der Waals surface area contributed by atoms with Crippen LogP contribution in [0.5, 0.6) is 0 Å². The maximum Gasteiger partial charge on any atom is 0.0945 e. The maximum atomic E-state index is 4.66. The van der Waals surface area contributed by atoms with Gasteiger partial charge in [0.15, 0.2) is 0 Å². The average Bonchev–Trinajstić information content (AvgIpc) is 2.85. The van der Waals surface area contributed by atoms with Crippen LogP contribution in [0.1, 0.15) is 18.4 Å². The summed E-state index contributed by atoms with van der Waals surface area (Å²) in [6.45, 7) is 4.30. The molecule has 1 N–H and O–H groups in total. The maximum absolute atomic E-state index is 4.66. The van der Waals surface area contributed by atoms with Gasteiger partial charge in [-0.15, -0.1) is 11.3 Å². The fourth-order valence-electron chi connectivity index (χ4n) is 1.66. The van der Waals surface area contributed by atoms with Crippen molar-refractivity contribution in [1.29, 1.82) is 0 Å². The van der Waals surface area contributed by atoms with E-state index in [1.807, 2.05) is 6.07 Å². The van der Waals surface area contributed by atoms with Crippen molar-refractivity contribution in [2.24, 2.45) is 0 Å². The van der Waals surface area contributed by atoms with E-state index in [0.29, 0.717) is 0 Å². The highest BCUT2D eigenvalue weighted by Crippen LogP contribution is 2.21.